The zero-order valence-corrected chi connectivity index (χ0v) is 9.45. The van der Waals surface area contributed by atoms with Gasteiger partial charge < -0.3 is 4.98 Å². The highest BCUT2D eigenvalue weighted by molar-refractivity contribution is 9.10. The number of pyridine rings is 1. The normalized spacial score (nSPS) is 10.8. The molecule has 0 amide bonds. The second kappa shape index (κ2) is 4.32. The third kappa shape index (κ3) is 2.17. The van der Waals surface area contributed by atoms with Crippen molar-refractivity contribution < 1.29 is 8.78 Å². The Bertz CT molecular complexity index is 364. The van der Waals surface area contributed by atoms with Crippen LogP contribution < -0.4 is 5.56 Å². The van der Waals surface area contributed by atoms with E-state index in [9.17, 15) is 13.6 Å². The Hall–Kier alpha value is -0.230. The van der Waals surface area contributed by atoms with Gasteiger partial charge in [0.1, 0.15) is 0 Å². The van der Waals surface area contributed by atoms with Crippen LogP contribution in [0.3, 0.4) is 0 Å². The molecule has 0 aliphatic carbocycles. The molecule has 1 aromatic heterocycles. The second-order valence-electron chi connectivity index (χ2n) is 2.30. The summed E-state index contributed by atoms with van der Waals surface area (Å²) in [6.07, 6.45) is -1.55. The lowest BCUT2D eigenvalue weighted by atomic mass is 10.2. The molecule has 0 aliphatic rings. The average molecular weight is 317 g/mol. The van der Waals surface area contributed by atoms with Crippen molar-refractivity contribution in [2.75, 3.05) is 0 Å². The molecule has 6 heteroatoms. The molecule has 0 spiro atoms. The molecule has 0 saturated heterocycles. The summed E-state index contributed by atoms with van der Waals surface area (Å²) in [4.78, 5) is 13.2. The summed E-state index contributed by atoms with van der Waals surface area (Å²) in [6.45, 7) is 0. The highest BCUT2D eigenvalue weighted by Gasteiger charge is 2.16. The van der Waals surface area contributed by atoms with E-state index in [-0.39, 0.29) is 15.4 Å². The summed E-state index contributed by atoms with van der Waals surface area (Å²) < 4.78 is 24.9. The van der Waals surface area contributed by atoms with Crippen molar-refractivity contribution in [2.45, 2.75) is 11.8 Å². The van der Waals surface area contributed by atoms with Gasteiger partial charge in [-0.25, -0.2) is 8.78 Å². The van der Waals surface area contributed by atoms with Gasteiger partial charge in [0.05, 0.1) is 4.47 Å². The Kier molecular flexibility index (Phi) is 3.61. The molecule has 2 nitrogen and oxygen atoms in total. The van der Waals surface area contributed by atoms with Gasteiger partial charge in [-0.1, -0.05) is 15.9 Å². The van der Waals surface area contributed by atoms with Gasteiger partial charge in [-0.2, -0.15) is 0 Å². The lowest BCUT2D eigenvalue weighted by Crippen LogP contribution is -2.11. The predicted octanol–water partition coefficient (Wildman–Crippen LogP) is 2.97. The first-order chi connectivity index (χ1) is 6.07. The van der Waals surface area contributed by atoms with E-state index in [0.717, 1.165) is 6.20 Å². The molecule has 0 unspecified atom stereocenters. The van der Waals surface area contributed by atoms with Crippen LogP contribution in [-0.2, 0) is 5.33 Å². The van der Waals surface area contributed by atoms with E-state index in [1.807, 2.05) is 0 Å². The van der Waals surface area contributed by atoms with Crippen LogP contribution in [0.5, 0.6) is 0 Å². The summed E-state index contributed by atoms with van der Waals surface area (Å²) in [6, 6.07) is 0. The quantitative estimate of drug-likeness (QED) is 0.836. The highest BCUT2D eigenvalue weighted by atomic mass is 79.9. The first-order valence-corrected chi connectivity index (χ1v) is 5.23. The number of nitrogens with one attached hydrogen (secondary N) is 1. The topological polar surface area (TPSA) is 32.9 Å². The third-order valence-electron chi connectivity index (χ3n) is 1.54. The van der Waals surface area contributed by atoms with Gasteiger partial charge in [-0.3, -0.25) is 4.79 Å². The maximum Gasteiger partial charge on any atom is 0.265 e. The van der Waals surface area contributed by atoms with E-state index in [1.54, 1.807) is 0 Å². The molecule has 0 aliphatic heterocycles. The standard InChI is InChI=1S/C7H5Br2F2NO/c8-1-3-4(6(10)11)2-12-7(13)5(3)9/h2,6H,1H2,(H,12,13). The first-order valence-electron chi connectivity index (χ1n) is 3.32. The van der Waals surface area contributed by atoms with Gasteiger partial charge >= 0.3 is 0 Å². The van der Waals surface area contributed by atoms with Crippen molar-refractivity contribution in [1.82, 2.24) is 4.98 Å². The molecule has 1 aromatic rings. The third-order valence-corrected chi connectivity index (χ3v) is 2.94. The Morgan fingerprint density at radius 1 is 1.54 bits per heavy atom. The van der Waals surface area contributed by atoms with Crippen molar-refractivity contribution in [3.05, 3.63) is 32.2 Å². The lowest BCUT2D eigenvalue weighted by molar-refractivity contribution is 0.150. The molecule has 72 valence electrons. The molecule has 1 rings (SSSR count). The van der Waals surface area contributed by atoms with Gasteiger partial charge in [0, 0.05) is 17.1 Å². The Balaban J connectivity index is 3.38. The number of aromatic amines is 1. The number of aromatic nitrogens is 1. The smallest absolute Gasteiger partial charge is 0.265 e. The molecule has 0 saturated carbocycles. The molecule has 1 heterocycles. The van der Waals surface area contributed by atoms with Crippen LogP contribution in [0.1, 0.15) is 17.6 Å². The average Bonchev–Trinajstić information content (AvgIpc) is 2.09. The SMILES string of the molecule is O=c1[nH]cc(C(F)F)c(CBr)c1Br. The lowest BCUT2D eigenvalue weighted by Gasteiger charge is -2.06. The summed E-state index contributed by atoms with van der Waals surface area (Å²) >= 11 is 6.00. The summed E-state index contributed by atoms with van der Waals surface area (Å²) in [5, 5.41) is 0.219. The van der Waals surface area contributed by atoms with Crippen LogP contribution in [0.4, 0.5) is 8.78 Å². The molecular weight excluding hydrogens is 312 g/mol. The van der Waals surface area contributed by atoms with Crippen LogP contribution in [-0.4, -0.2) is 4.98 Å². The van der Waals surface area contributed by atoms with Crippen molar-refractivity contribution in [2.24, 2.45) is 0 Å². The summed E-state index contributed by atoms with van der Waals surface area (Å²) in [5.41, 5.74) is -0.277. The van der Waals surface area contributed by atoms with Crippen LogP contribution in [0.15, 0.2) is 15.5 Å². The number of rotatable bonds is 2. The molecule has 0 atom stereocenters. The monoisotopic (exact) mass is 315 g/mol. The molecule has 0 radical (unpaired) electrons. The van der Waals surface area contributed by atoms with Gasteiger partial charge in [0.25, 0.3) is 12.0 Å². The van der Waals surface area contributed by atoms with E-state index in [1.165, 1.54) is 0 Å². The van der Waals surface area contributed by atoms with Crippen molar-refractivity contribution in [1.29, 1.82) is 0 Å². The van der Waals surface area contributed by atoms with Gasteiger partial charge in [0.15, 0.2) is 0 Å². The molecule has 1 N–H and O–H groups in total. The Labute approximate surface area is 89.6 Å². The number of hydrogen-bond donors (Lipinski definition) is 1. The van der Waals surface area contributed by atoms with Gasteiger partial charge in [0.2, 0.25) is 0 Å². The van der Waals surface area contributed by atoms with Crippen LogP contribution in [0, 0.1) is 0 Å². The van der Waals surface area contributed by atoms with Crippen LogP contribution in [0.2, 0.25) is 0 Å². The van der Waals surface area contributed by atoms with Crippen LogP contribution in [0.25, 0.3) is 0 Å². The maximum atomic E-state index is 12.4. The number of H-pyrrole nitrogens is 1. The number of hydrogen-bond acceptors (Lipinski definition) is 1. The molecule has 0 fully saturated rings. The minimum Gasteiger partial charge on any atom is -0.328 e. The van der Waals surface area contributed by atoms with E-state index in [0.29, 0.717) is 5.56 Å². The van der Waals surface area contributed by atoms with Crippen molar-refractivity contribution in [3.8, 4) is 0 Å². The summed E-state index contributed by atoms with van der Waals surface area (Å²) in [7, 11) is 0. The maximum absolute atomic E-state index is 12.4. The van der Waals surface area contributed by atoms with Gasteiger partial charge in [-0.05, 0) is 21.5 Å². The molecule has 13 heavy (non-hydrogen) atoms. The predicted molar refractivity (Wildman–Crippen MR) is 52.4 cm³/mol. The minimum atomic E-state index is -2.58. The van der Waals surface area contributed by atoms with Crippen molar-refractivity contribution >= 4 is 31.9 Å². The van der Waals surface area contributed by atoms with E-state index in [2.05, 4.69) is 36.8 Å². The van der Waals surface area contributed by atoms with Crippen molar-refractivity contribution in [3.63, 3.8) is 0 Å². The fourth-order valence-electron chi connectivity index (χ4n) is 0.888. The van der Waals surface area contributed by atoms with E-state index < -0.39 is 12.0 Å². The molecule has 0 bridgehead atoms. The Morgan fingerprint density at radius 3 is 2.62 bits per heavy atom. The van der Waals surface area contributed by atoms with Gasteiger partial charge in [-0.15, -0.1) is 0 Å². The molecule has 0 aromatic carbocycles. The summed E-state index contributed by atoms with van der Waals surface area (Å²) in [5.74, 6) is 0. The fourth-order valence-corrected chi connectivity index (χ4v) is 2.35. The second-order valence-corrected chi connectivity index (χ2v) is 3.65. The number of alkyl halides is 3. The van der Waals surface area contributed by atoms with E-state index in [4.69, 9.17) is 0 Å². The first kappa shape index (κ1) is 10.8. The minimum absolute atomic E-state index is 0.155. The van der Waals surface area contributed by atoms with E-state index >= 15 is 0 Å². The number of halogens is 4. The largest absolute Gasteiger partial charge is 0.328 e. The highest BCUT2D eigenvalue weighted by Crippen LogP contribution is 2.27. The van der Waals surface area contributed by atoms with Crippen LogP contribution >= 0.6 is 31.9 Å². The zero-order valence-electron chi connectivity index (χ0n) is 6.28. The zero-order chi connectivity index (χ0) is 10.0. The molecular formula is C7H5Br2F2NO. The fraction of sp³-hybridized carbons (Fsp3) is 0.286. The Morgan fingerprint density at radius 2 is 2.15 bits per heavy atom.